The molecule has 8 nitrogen and oxygen atoms in total. The number of ether oxygens (including phenoxy) is 2. The smallest absolute Gasteiger partial charge is 0.257 e. The third-order valence-corrected chi connectivity index (χ3v) is 5.21. The molecule has 4 heterocycles. The molecule has 2 bridgehead atoms. The number of amides is 1. The van der Waals surface area contributed by atoms with Gasteiger partial charge in [-0.3, -0.25) is 9.69 Å². The van der Waals surface area contributed by atoms with E-state index in [1.54, 1.807) is 12.4 Å². The van der Waals surface area contributed by atoms with Crippen LogP contribution in [0.1, 0.15) is 10.4 Å². The maximum atomic E-state index is 12.9. The number of fused-ring (bicyclic) bond motifs is 3. The highest BCUT2D eigenvalue weighted by Crippen LogP contribution is 2.20. The standard InChI is InChI=1S/C17H25N5O3/c1-20-8-13-9-22(10-15(20)12-25-11-13)16(23)14-6-18-17(19-7-14)21-2-4-24-5-3-21/h6-7,13,15H,2-5,8-12H2,1H3/t13-,15+/m1/s1. The molecule has 3 fully saturated rings. The fraction of sp³-hybridized carbons (Fsp3) is 0.706. The van der Waals surface area contributed by atoms with E-state index in [4.69, 9.17) is 9.47 Å². The zero-order chi connectivity index (χ0) is 17.2. The van der Waals surface area contributed by atoms with Crippen LogP contribution in [-0.4, -0.2) is 97.9 Å². The molecule has 0 radical (unpaired) electrons. The Kier molecular flexibility index (Phi) is 4.82. The summed E-state index contributed by atoms with van der Waals surface area (Å²) in [5.41, 5.74) is 0.556. The van der Waals surface area contributed by atoms with Crippen LogP contribution in [0.4, 0.5) is 5.95 Å². The predicted molar refractivity (Wildman–Crippen MR) is 91.7 cm³/mol. The molecule has 25 heavy (non-hydrogen) atoms. The van der Waals surface area contributed by atoms with Crippen LogP contribution in [0.3, 0.4) is 0 Å². The first-order valence-electron chi connectivity index (χ1n) is 8.92. The van der Waals surface area contributed by atoms with E-state index in [1.165, 1.54) is 0 Å². The molecule has 0 spiro atoms. The van der Waals surface area contributed by atoms with Crippen molar-refractivity contribution in [1.82, 2.24) is 19.8 Å². The lowest BCUT2D eigenvalue weighted by molar-refractivity contribution is 0.0433. The summed E-state index contributed by atoms with van der Waals surface area (Å²) in [5, 5.41) is 0. The van der Waals surface area contributed by atoms with Crippen molar-refractivity contribution in [3.63, 3.8) is 0 Å². The Balaban J connectivity index is 1.46. The van der Waals surface area contributed by atoms with E-state index in [-0.39, 0.29) is 11.9 Å². The number of nitrogens with zero attached hydrogens (tertiary/aromatic N) is 5. The van der Waals surface area contributed by atoms with Crippen LogP contribution in [0.5, 0.6) is 0 Å². The summed E-state index contributed by atoms with van der Waals surface area (Å²) in [7, 11) is 2.11. The van der Waals surface area contributed by atoms with E-state index >= 15 is 0 Å². The van der Waals surface area contributed by atoms with Gasteiger partial charge >= 0.3 is 0 Å². The number of hydrogen-bond donors (Lipinski definition) is 0. The monoisotopic (exact) mass is 347 g/mol. The highest BCUT2D eigenvalue weighted by atomic mass is 16.5. The van der Waals surface area contributed by atoms with Gasteiger partial charge in [0.25, 0.3) is 5.91 Å². The molecule has 8 heteroatoms. The lowest BCUT2D eigenvalue weighted by Crippen LogP contribution is -2.44. The van der Waals surface area contributed by atoms with E-state index in [0.29, 0.717) is 43.8 Å². The molecule has 0 aliphatic carbocycles. The Morgan fingerprint density at radius 1 is 1.08 bits per heavy atom. The maximum Gasteiger partial charge on any atom is 0.257 e. The van der Waals surface area contributed by atoms with Crippen LogP contribution < -0.4 is 4.90 Å². The lowest BCUT2D eigenvalue weighted by Gasteiger charge is -2.30. The van der Waals surface area contributed by atoms with Gasteiger partial charge in [0.15, 0.2) is 0 Å². The zero-order valence-electron chi connectivity index (χ0n) is 14.6. The minimum atomic E-state index is 0.0146. The summed E-state index contributed by atoms with van der Waals surface area (Å²) in [4.78, 5) is 28.1. The van der Waals surface area contributed by atoms with Gasteiger partial charge < -0.3 is 19.3 Å². The number of likely N-dealkylation sites (N-methyl/N-ethyl adjacent to an activating group) is 1. The first kappa shape index (κ1) is 16.7. The molecule has 0 N–H and O–H groups in total. The Hall–Kier alpha value is -1.77. The van der Waals surface area contributed by atoms with Crippen molar-refractivity contribution in [2.45, 2.75) is 6.04 Å². The summed E-state index contributed by atoms with van der Waals surface area (Å²) >= 11 is 0. The summed E-state index contributed by atoms with van der Waals surface area (Å²) in [6, 6.07) is 0.255. The number of morpholine rings is 1. The second-order valence-corrected chi connectivity index (χ2v) is 7.08. The zero-order valence-corrected chi connectivity index (χ0v) is 14.6. The summed E-state index contributed by atoms with van der Waals surface area (Å²) < 4.78 is 11.1. The second kappa shape index (κ2) is 7.23. The van der Waals surface area contributed by atoms with E-state index in [2.05, 4.69) is 26.8 Å². The van der Waals surface area contributed by atoms with E-state index in [1.807, 2.05) is 4.90 Å². The Morgan fingerprint density at radius 2 is 1.84 bits per heavy atom. The minimum absolute atomic E-state index is 0.0146. The van der Waals surface area contributed by atoms with Crippen molar-refractivity contribution in [2.24, 2.45) is 5.92 Å². The Bertz CT molecular complexity index is 605. The molecule has 3 aliphatic heterocycles. The summed E-state index contributed by atoms with van der Waals surface area (Å²) in [6.07, 6.45) is 3.31. The van der Waals surface area contributed by atoms with Gasteiger partial charge in [0, 0.05) is 51.0 Å². The van der Waals surface area contributed by atoms with Gasteiger partial charge in [-0.15, -0.1) is 0 Å². The molecular weight excluding hydrogens is 322 g/mol. The van der Waals surface area contributed by atoms with Crippen molar-refractivity contribution >= 4 is 11.9 Å². The van der Waals surface area contributed by atoms with Gasteiger partial charge in [-0.05, 0) is 7.05 Å². The number of rotatable bonds is 2. The highest BCUT2D eigenvalue weighted by molar-refractivity contribution is 5.93. The molecule has 0 saturated carbocycles. The molecule has 1 aromatic heterocycles. The van der Waals surface area contributed by atoms with Crippen LogP contribution >= 0.6 is 0 Å². The molecule has 3 saturated heterocycles. The highest BCUT2D eigenvalue weighted by Gasteiger charge is 2.33. The third-order valence-electron chi connectivity index (χ3n) is 5.21. The van der Waals surface area contributed by atoms with Gasteiger partial charge in [-0.2, -0.15) is 0 Å². The number of anilines is 1. The molecule has 3 aliphatic rings. The van der Waals surface area contributed by atoms with Gasteiger partial charge in [0.2, 0.25) is 5.95 Å². The number of aromatic nitrogens is 2. The molecule has 2 atom stereocenters. The molecular formula is C17H25N5O3. The first-order chi connectivity index (χ1) is 12.2. The topological polar surface area (TPSA) is 71.0 Å². The van der Waals surface area contributed by atoms with Crippen molar-refractivity contribution < 1.29 is 14.3 Å². The summed E-state index contributed by atoms with van der Waals surface area (Å²) in [6.45, 7) is 6.75. The van der Waals surface area contributed by atoms with Gasteiger partial charge in [-0.25, -0.2) is 9.97 Å². The van der Waals surface area contributed by atoms with Crippen LogP contribution in [0.25, 0.3) is 0 Å². The van der Waals surface area contributed by atoms with Crippen LogP contribution in [0.2, 0.25) is 0 Å². The molecule has 1 amide bonds. The van der Waals surface area contributed by atoms with E-state index in [9.17, 15) is 4.79 Å². The predicted octanol–water partition coefficient (Wildman–Crippen LogP) is -0.284. The van der Waals surface area contributed by atoms with Crippen LogP contribution in [0, 0.1) is 5.92 Å². The Morgan fingerprint density at radius 3 is 2.60 bits per heavy atom. The van der Waals surface area contributed by atoms with Gasteiger partial charge in [0.05, 0.1) is 38.0 Å². The van der Waals surface area contributed by atoms with Gasteiger partial charge in [0.1, 0.15) is 0 Å². The van der Waals surface area contributed by atoms with Crippen molar-refractivity contribution in [2.75, 3.05) is 71.1 Å². The van der Waals surface area contributed by atoms with E-state index < -0.39 is 0 Å². The largest absolute Gasteiger partial charge is 0.379 e. The third kappa shape index (κ3) is 3.61. The van der Waals surface area contributed by atoms with Crippen LogP contribution in [0.15, 0.2) is 12.4 Å². The normalized spacial score (nSPS) is 27.9. The average Bonchev–Trinajstić information content (AvgIpc) is 2.90. The molecule has 0 aromatic carbocycles. The number of hydrogen-bond acceptors (Lipinski definition) is 7. The number of carbonyl (C=O) groups is 1. The van der Waals surface area contributed by atoms with Crippen molar-refractivity contribution in [1.29, 1.82) is 0 Å². The van der Waals surface area contributed by atoms with E-state index in [0.717, 1.165) is 32.8 Å². The van der Waals surface area contributed by atoms with Gasteiger partial charge in [-0.1, -0.05) is 0 Å². The van der Waals surface area contributed by atoms with Crippen molar-refractivity contribution in [3.05, 3.63) is 18.0 Å². The molecule has 4 rings (SSSR count). The van der Waals surface area contributed by atoms with Crippen LogP contribution in [-0.2, 0) is 9.47 Å². The SMILES string of the molecule is CN1C[C@H]2COC[C@@H]1CN(C(=O)c1cnc(N3CCOCC3)nc1)C2. The molecule has 0 unspecified atom stereocenters. The summed E-state index contributed by atoms with van der Waals surface area (Å²) in [5.74, 6) is 1.04. The first-order valence-corrected chi connectivity index (χ1v) is 8.92. The fourth-order valence-corrected chi connectivity index (χ4v) is 3.76. The lowest BCUT2D eigenvalue weighted by atomic mass is 10.1. The minimum Gasteiger partial charge on any atom is -0.379 e. The Labute approximate surface area is 147 Å². The maximum absolute atomic E-state index is 12.9. The quantitative estimate of drug-likeness (QED) is 0.728. The van der Waals surface area contributed by atoms with Crippen molar-refractivity contribution in [3.8, 4) is 0 Å². The molecule has 1 aromatic rings. The second-order valence-electron chi connectivity index (χ2n) is 7.08. The molecule has 136 valence electrons. The number of carbonyl (C=O) groups excluding carboxylic acids is 1. The average molecular weight is 347 g/mol. The fourth-order valence-electron chi connectivity index (χ4n) is 3.76.